The average Bonchev–Trinajstić information content (AvgIpc) is 2.47. The van der Waals surface area contributed by atoms with Gasteiger partial charge < -0.3 is 15.2 Å². The number of benzene rings is 2. The van der Waals surface area contributed by atoms with Crippen LogP contribution >= 0.6 is 15.9 Å². The maximum atomic E-state index is 5.65. The SMILES string of the molecule is Cc1cc(OCCOc2cccc(CN)c2)ccc1Br. The lowest BCUT2D eigenvalue weighted by Gasteiger charge is -2.10. The van der Waals surface area contributed by atoms with Crippen LogP contribution in [0.4, 0.5) is 0 Å². The Labute approximate surface area is 127 Å². The van der Waals surface area contributed by atoms with Crippen molar-refractivity contribution in [3.05, 3.63) is 58.1 Å². The van der Waals surface area contributed by atoms with Gasteiger partial charge in [0.2, 0.25) is 0 Å². The highest BCUT2D eigenvalue weighted by Gasteiger charge is 1.99. The van der Waals surface area contributed by atoms with E-state index < -0.39 is 0 Å². The molecule has 0 bridgehead atoms. The summed E-state index contributed by atoms with van der Waals surface area (Å²) in [5, 5.41) is 0. The van der Waals surface area contributed by atoms with Crippen molar-refractivity contribution >= 4 is 15.9 Å². The lowest BCUT2D eigenvalue weighted by atomic mass is 10.2. The third-order valence-electron chi connectivity index (χ3n) is 2.88. The molecule has 3 nitrogen and oxygen atoms in total. The summed E-state index contributed by atoms with van der Waals surface area (Å²) in [6, 6.07) is 13.7. The van der Waals surface area contributed by atoms with Gasteiger partial charge in [-0.25, -0.2) is 0 Å². The summed E-state index contributed by atoms with van der Waals surface area (Å²) < 4.78 is 12.4. The fourth-order valence-corrected chi connectivity index (χ4v) is 2.03. The molecule has 0 aliphatic carbocycles. The van der Waals surface area contributed by atoms with Crippen LogP contribution in [0.5, 0.6) is 11.5 Å². The normalized spacial score (nSPS) is 10.3. The van der Waals surface area contributed by atoms with Crippen molar-refractivity contribution in [1.82, 2.24) is 0 Å². The highest BCUT2D eigenvalue weighted by molar-refractivity contribution is 9.10. The van der Waals surface area contributed by atoms with E-state index in [0.29, 0.717) is 19.8 Å². The van der Waals surface area contributed by atoms with Gasteiger partial charge in [0.05, 0.1) is 0 Å². The van der Waals surface area contributed by atoms with Crippen LogP contribution in [0.25, 0.3) is 0 Å². The van der Waals surface area contributed by atoms with Gasteiger partial charge in [-0.15, -0.1) is 0 Å². The number of halogens is 1. The van der Waals surface area contributed by atoms with Crippen molar-refractivity contribution in [1.29, 1.82) is 0 Å². The van der Waals surface area contributed by atoms with Crippen LogP contribution in [0.1, 0.15) is 11.1 Å². The van der Waals surface area contributed by atoms with E-state index in [1.165, 1.54) is 0 Å². The van der Waals surface area contributed by atoms with Gasteiger partial charge in [0.25, 0.3) is 0 Å². The predicted octanol–water partition coefficient (Wildman–Crippen LogP) is 3.67. The minimum atomic E-state index is 0.503. The zero-order valence-electron chi connectivity index (χ0n) is 11.4. The van der Waals surface area contributed by atoms with Crippen LogP contribution in [-0.4, -0.2) is 13.2 Å². The van der Waals surface area contributed by atoms with Crippen molar-refractivity contribution in [2.45, 2.75) is 13.5 Å². The van der Waals surface area contributed by atoms with E-state index in [0.717, 1.165) is 27.1 Å². The zero-order chi connectivity index (χ0) is 14.4. The molecule has 0 saturated heterocycles. The first-order valence-corrected chi connectivity index (χ1v) is 7.29. The molecule has 0 aliphatic rings. The zero-order valence-corrected chi connectivity index (χ0v) is 13.0. The van der Waals surface area contributed by atoms with Crippen LogP contribution < -0.4 is 15.2 Å². The largest absolute Gasteiger partial charge is 0.490 e. The molecule has 2 aromatic rings. The van der Waals surface area contributed by atoms with Crippen LogP contribution in [-0.2, 0) is 6.54 Å². The number of ether oxygens (including phenoxy) is 2. The Balaban J connectivity index is 1.79. The topological polar surface area (TPSA) is 44.5 Å². The molecule has 0 heterocycles. The average molecular weight is 336 g/mol. The van der Waals surface area contributed by atoms with E-state index in [2.05, 4.69) is 15.9 Å². The van der Waals surface area contributed by atoms with Gasteiger partial charge in [-0.1, -0.05) is 28.1 Å². The molecule has 0 aliphatic heterocycles. The first kappa shape index (κ1) is 14.9. The summed E-state index contributed by atoms with van der Waals surface area (Å²) in [6.45, 7) is 3.56. The second-order valence-electron chi connectivity index (χ2n) is 4.46. The lowest BCUT2D eigenvalue weighted by molar-refractivity contribution is 0.217. The van der Waals surface area contributed by atoms with E-state index in [-0.39, 0.29) is 0 Å². The minimum Gasteiger partial charge on any atom is -0.490 e. The Hall–Kier alpha value is -1.52. The third kappa shape index (κ3) is 4.25. The van der Waals surface area contributed by atoms with E-state index in [1.807, 2.05) is 49.4 Å². The Morgan fingerprint density at radius 1 is 1.00 bits per heavy atom. The molecular weight excluding hydrogens is 318 g/mol. The molecule has 0 amide bonds. The van der Waals surface area contributed by atoms with Gasteiger partial charge in [0.1, 0.15) is 24.7 Å². The second kappa shape index (κ2) is 7.31. The maximum absolute atomic E-state index is 5.65. The highest BCUT2D eigenvalue weighted by atomic mass is 79.9. The highest BCUT2D eigenvalue weighted by Crippen LogP contribution is 2.21. The van der Waals surface area contributed by atoms with Gasteiger partial charge in [0, 0.05) is 11.0 Å². The van der Waals surface area contributed by atoms with E-state index >= 15 is 0 Å². The molecule has 0 fully saturated rings. The smallest absolute Gasteiger partial charge is 0.122 e. The summed E-state index contributed by atoms with van der Waals surface area (Å²) >= 11 is 3.46. The quantitative estimate of drug-likeness (QED) is 0.819. The van der Waals surface area contributed by atoms with Gasteiger partial charge in [-0.05, 0) is 48.4 Å². The van der Waals surface area contributed by atoms with E-state index in [1.54, 1.807) is 0 Å². The van der Waals surface area contributed by atoms with Crippen molar-refractivity contribution < 1.29 is 9.47 Å². The number of rotatable bonds is 6. The molecule has 20 heavy (non-hydrogen) atoms. The predicted molar refractivity (Wildman–Crippen MR) is 84.2 cm³/mol. The Morgan fingerprint density at radius 2 is 1.70 bits per heavy atom. The van der Waals surface area contributed by atoms with E-state index in [9.17, 15) is 0 Å². The maximum Gasteiger partial charge on any atom is 0.122 e. The number of hydrogen-bond acceptors (Lipinski definition) is 3. The first-order chi connectivity index (χ1) is 9.69. The van der Waals surface area contributed by atoms with Crippen LogP contribution in [0.15, 0.2) is 46.9 Å². The number of nitrogens with two attached hydrogens (primary N) is 1. The van der Waals surface area contributed by atoms with Gasteiger partial charge in [-0.2, -0.15) is 0 Å². The first-order valence-electron chi connectivity index (χ1n) is 6.50. The molecular formula is C16H18BrNO2. The molecule has 106 valence electrons. The molecule has 0 saturated carbocycles. The number of hydrogen-bond donors (Lipinski definition) is 1. The molecule has 4 heteroatoms. The molecule has 0 spiro atoms. The molecule has 2 N–H and O–H groups in total. The molecule has 2 aromatic carbocycles. The van der Waals surface area contributed by atoms with Gasteiger partial charge in [0.15, 0.2) is 0 Å². The third-order valence-corrected chi connectivity index (χ3v) is 3.77. The summed E-state index contributed by atoms with van der Waals surface area (Å²) in [7, 11) is 0. The standard InChI is InChI=1S/C16H18BrNO2/c1-12-9-15(5-6-16(12)17)20-8-7-19-14-4-2-3-13(10-14)11-18/h2-6,9-10H,7-8,11,18H2,1H3. The van der Waals surface area contributed by atoms with Crippen molar-refractivity contribution in [2.24, 2.45) is 5.73 Å². The van der Waals surface area contributed by atoms with Gasteiger partial charge in [-0.3, -0.25) is 0 Å². The summed E-state index contributed by atoms with van der Waals surface area (Å²) in [6.07, 6.45) is 0. The van der Waals surface area contributed by atoms with Crippen LogP contribution in [0.2, 0.25) is 0 Å². The lowest BCUT2D eigenvalue weighted by Crippen LogP contribution is -2.09. The fourth-order valence-electron chi connectivity index (χ4n) is 1.79. The van der Waals surface area contributed by atoms with Crippen LogP contribution in [0, 0.1) is 6.92 Å². The fraction of sp³-hybridized carbons (Fsp3) is 0.250. The second-order valence-corrected chi connectivity index (χ2v) is 5.31. The Kier molecular flexibility index (Phi) is 5.44. The molecule has 0 radical (unpaired) electrons. The Bertz CT molecular complexity index is 572. The Morgan fingerprint density at radius 3 is 2.35 bits per heavy atom. The van der Waals surface area contributed by atoms with Crippen molar-refractivity contribution in [3.8, 4) is 11.5 Å². The van der Waals surface area contributed by atoms with Gasteiger partial charge >= 0.3 is 0 Å². The van der Waals surface area contributed by atoms with E-state index in [4.69, 9.17) is 15.2 Å². The number of aryl methyl sites for hydroxylation is 1. The summed E-state index contributed by atoms with van der Waals surface area (Å²) in [5.41, 5.74) is 7.81. The minimum absolute atomic E-state index is 0.503. The van der Waals surface area contributed by atoms with Crippen molar-refractivity contribution in [2.75, 3.05) is 13.2 Å². The van der Waals surface area contributed by atoms with Crippen molar-refractivity contribution in [3.63, 3.8) is 0 Å². The summed E-state index contributed by atoms with van der Waals surface area (Å²) in [5.74, 6) is 1.67. The molecule has 0 unspecified atom stereocenters. The molecule has 0 aromatic heterocycles. The summed E-state index contributed by atoms with van der Waals surface area (Å²) in [4.78, 5) is 0. The molecule has 2 rings (SSSR count). The molecule has 0 atom stereocenters. The monoisotopic (exact) mass is 335 g/mol. The van der Waals surface area contributed by atoms with Crippen LogP contribution in [0.3, 0.4) is 0 Å².